The van der Waals surface area contributed by atoms with E-state index in [1.54, 1.807) is 24.3 Å². The number of unbranched alkanes of at least 4 members (excludes halogenated alkanes) is 1. The summed E-state index contributed by atoms with van der Waals surface area (Å²) in [7, 11) is -2.44. The number of hydrogen-bond donors (Lipinski definition) is 1. The van der Waals surface area contributed by atoms with Gasteiger partial charge in [-0.05, 0) is 72.2 Å². The zero-order chi connectivity index (χ0) is 26.8. The molecule has 0 amide bonds. The van der Waals surface area contributed by atoms with Gasteiger partial charge in [-0.15, -0.1) is 0 Å². The predicted molar refractivity (Wildman–Crippen MR) is 144 cm³/mol. The molecule has 0 radical (unpaired) electrons. The van der Waals surface area contributed by atoms with Crippen LogP contribution in [-0.4, -0.2) is 40.2 Å². The first-order chi connectivity index (χ1) is 18.3. The van der Waals surface area contributed by atoms with Crippen molar-refractivity contribution < 1.29 is 27.1 Å². The molecule has 38 heavy (non-hydrogen) atoms. The van der Waals surface area contributed by atoms with Gasteiger partial charge < -0.3 is 9.47 Å². The third-order valence-corrected chi connectivity index (χ3v) is 9.40. The minimum Gasteiger partial charge on any atom is -0.469 e. The van der Waals surface area contributed by atoms with Crippen molar-refractivity contribution in [2.45, 2.75) is 54.6 Å². The average molecular weight is 538 g/mol. The Bertz CT molecular complexity index is 1440. The van der Waals surface area contributed by atoms with Crippen LogP contribution in [0.4, 0.5) is 4.39 Å². The monoisotopic (exact) mass is 537 g/mol. The third-order valence-electron chi connectivity index (χ3n) is 7.94. The van der Waals surface area contributed by atoms with E-state index >= 15 is 0 Å². The van der Waals surface area contributed by atoms with Crippen molar-refractivity contribution in [1.82, 2.24) is 4.72 Å². The van der Waals surface area contributed by atoms with Gasteiger partial charge in [0.1, 0.15) is 5.82 Å². The number of carbonyl (C=O) groups excluding carboxylic acids is 1. The van der Waals surface area contributed by atoms with Gasteiger partial charge in [-0.1, -0.05) is 54.6 Å². The van der Waals surface area contributed by atoms with E-state index in [4.69, 9.17) is 9.47 Å². The maximum absolute atomic E-state index is 13.7. The fourth-order valence-electron chi connectivity index (χ4n) is 5.96. The van der Waals surface area contributed by atoms with Crippen molar-refractivity contribution in [3.8, 4) is 0 Å². The summed E-state index contributed by atoms with van der Waals surface area (Å²) in [5.41, 5.74) is 0.531. The summed E-state index contributed by atoms with van der Waals surface area (Å²) >= 11 is 0. The predicted octanol–water partition coefficient (Wildman–Crippen LogP) is 5.27. The second-order valence-corrected chi connectivity index (χ2v) is 11.9. The van der Waals surface area contributed by atoms with Crippen LogP contribution in [0.15, 0.2) is 83.8 Å². The van der Waals surface area contributed by atoms with Gasteiger partial charge in [0, 0.05) is 11.8 Å². The second kappa shape index (κ2) is 11.0. The van der Waals surface area contributed by atoms with Gasteiger partial charge in [0.05, 0.1) is 30.8 Å². The zero-order valence-electron chi connectivity index (χ0n) is 21.3. The van der Waals surface area contributed by atoms with Crippen molar-refractivity contribution >= 4 is 26.8 Å². The van der Waals surface area contributed by atoms with Crippen LogP contribution in [0.1, 0.15) is 37.7 Å². The molecule has 1 N–H and O–H groups in total. The number of rotatable bonds is 10. The van der Waals surface area contributed by atoms with Crippen LogP contribution >= 0.6 is 0 Å². The number of carbonyl (C=O) groups is 1. The fraction of sp³-hybridized carbons (Fsp3) is 0.367. The average Bonchev–Trinajstić information content (AvgIpc) is 3.48. The van der Waals surface area contributed by atoms with Crippen LogP contribution in [0.25, 0.3) is 10.8 Å². The molecule has 3 aromatic carbocycles. The van der Waals surface area contributed by atoms with E-state index in [1.807, 2.05) is 36.4 Å². The smallest absolute Gasteiger partial charge is 0.305 e. The van der Waals surface area contributed by atoms with Crippen molar-refractivity contribution in [3.05, 3.63) is 90.3 Å². The van der Waals surface area contributed by atoms with E-state index in [0.29, 0.717) is 32.3 Å². The highest BCUT2D eigenvalue weighted by Gasteiger charge is 2.60. The van der Waals surface area contributed by atoms with Crippen molar-refractivity contribution in [1.29, 1.82) is 0 Å². The molecule has 4 atom stereocenters. The van der Waals surface area contributed by atoms with Gasteiger partial charge in [0.25, 0.3) is 0 Å². The van der Waals surface area contributed by atoms with Crippen LogP contribution in [0.3, 0.4) is 0 Å². The molecule has 1 aliphatic heterocycles. The first kappa shape index (κ1) is 26.5. The molecule has 2 aliphatic rings. The molecule has 2 bridgehead atoms. The second-order valence-electron chi connectivity index (χ2n) is 10.2. The first-order valence-corrected chi connectivity index (χ1v) is 14.4. The zero-order valence-corrected chi connectivity index (χ0v) is 22.1. The van der Waals surface area contributed by atoms with Crippen LogP contribution in [0, 0.1) is 11.7 Å². The Morgan fingerprint density at radius 2 is 1.87 bits per heavy atom. The van der Waals surface area contributed by atoms with Crippen LogP contribution < -0.4 is 4.72 Å². The molecule has 200 valence electrons. The van der Waals surface area contributed by atoms with Gasteiger partial charge in [0.15, 0.2) is 0 Å². The summed E-state index contributed by atoms with van der Waals surface area (Å²) < 4.78 is 54.7. The topological polar surface area (TPSA) is 81.7 Å². The normalized spacial score (nSPS) is 24.8. The number of fused-ring (bicyclic) bond motifs is 3. The highest BCUT2D eigenvalue weighted by Crippen LogP contribution is 2.54. The number of halogens is 1. The molecule has 6 nitrogen and oxygen atoms in total. The standard InChI is InChI=1S/C30H32FNO5S/c1-36-28(33)11-5-3-2-4-10-26-29(27-19-30(26,20-37-27)23-13-15-24(31)16-14-23)32-38(34,35)25-17-12-21-8-6-7-9-22(21)18-25/h2,4,6-9,12-18,26-27,29,32H,3,5,10-11,19-20H2,1H3/b4-2-/t26-,27-,29-,30-/m1/s1. The van der Waals surface area contributed by atoms with E-state index in [2.05, 4.69) is 10.8 Å². The van der Waals surface area contributed by atoms with Crippen molar-refractivity contribution in [3.63, 3.8) is 0 Å². The maximum Gasteiger partial charge on any atom is 0.305 e. The highest BCUT2D eigenvalue weighted by atomic mass is 32.2. The Labute approximate surface area is 222 Å². The van der Waals surface area contributed by atoms with Gasteiger partial charge in [-0.3, -0.25) is 4.79 Å². The SMILES string of the molecule is COC(=O)CCC/C=C\C[C@@H]1[C@@H](NS(=O)(=O)c2ccc3ccccc3c2)[C@H]2C[C@]1(c1ccc(F)cc1)CO2. The van der Waals surface area contributed by atoms with Gasteiger partial charge in [-0.2, -0.15) is 0 Å². The molecule has 1 saturated heterocycles. The van der Waals surface area contributed by atoms with Gasteiger partial charge in [-0.25, -0.2) is 17.5 Å². The summed E-state index contributed by atoms with van der Waals surface area (Å²) in [4.78, 5) is 11.6. The van der Waals surface area contributed by atoms with Crippen molar-refractivity contribution in [2.24, 2.45) is 5.92 Å². The largest absolute Gasteiger partial charge is 0.469 e. The van der Waals surface area contributed by atoms with E-state index in [-0.39, 0.29) is 28.7 Å². The Morgan fingerprint density at radius 3 is 2.63 bits per heavy atom. The highest BCUT2D eigenvalue weighted by molar-refractivity contribution is 7.89. The molecular formula is C30H32FNO5S. The first-order valence-electron chi connectivity index (χ1n) is 12.9. The Hall–Kier alpha value is -3.07. The van der Waals surface area contributed by atoms with E-state index in [0.717, 1.165) is 22.8 Å². The summed E-state index contributed by atoms with van der Waals surface area (Å²) in [6, 6.07) is 18.8. The van der Waals surface area contributed by atoms with Gasteiger partial charge in [0.2, 0.25) is 10.0 Å². The summed E-state index contributed by atoms with van der Waals surface area (Å²) in [5.74, 6) is -0.630. The number of esters is 1. The lowest BCUT2D eigenvalue weighted by Gasteiger charge is -2.39. The fourth-order valence-corrected chi connectivity index (χ4v) is 7.30. The molecule has 5 rings (SSSR count). The number of methoxy groups -OCH3 is 1. The molecule has 1 aliphatic carbocycles. The number of hydrogen-bond acceptors (Lipinski definition) is 5. The summed E-state index contributed by atoms with van der Waals surface area (Å²) in [6.07, 6.45) is 6.85. The van der Waals surface area contributed by atoms with E-state index < -0.39 is 21.5 Å². The van der Waals surface area contributed by atoms with Crippen molar-refractivity contribution in [2.75, 3.05) is 13.7 Å². The molecule has 0 unspecified atom stereocenters. The van der Waals surface area contributed by atoms with E-state index in [1.165, 1.54) is 19.2 Å². The Balaban J connectivity index is 1.40. The van der Waals surface area contributed by atoms with Crippen LogP contribution in [0.5, 0.6) is 0 Å². The number of nitrogens with one attached hydrogen (secondary N) is 1. The number of allylic oxidation sites excluding steroid dienone is 2. The molecule has 3 aromatic rings. The minimum atomic E-state index is -3.82. The number of sulfonamides is 1. The summed E-state index contributed by atoms with van der Waals surface area (Å²) in [5, 5.41) is 1.83. The van der Waals surface area contributed by atoms with Gasteiger partial charge >= 0.3 is 5.97 Å². The maximum atomic E-state index is 13.7. The lowest BCUT2D eigenvalue weighted by molar-refractivity contribution is -0.140. The molecule has 1 saturated carbocycles. The van der Waals surface area contributed by atoms with E-state index in [9.17, 15) is 17.6 Å². The third kappa shape index (κ3) is 5.25. The minimum absolute atomic E-state index is 0.0844. The Morgan fingerprint density at radius 1 is 1.11 bits per heavy atom. The lowest BCUT2D eigenvalue weighted by Crippen LogP contribution is -2.51. The number of benzene rings is 3. The molecule has 8 heteroatoms. The summed E-state index contributed by atoms with van der Waals surface area (Å²) in [6.45, 7) is 0.457. The van der Waals surface area contributed by atoms with Crippen LogP contribution in [0.2, 0.25) is 0 Å². The quantitative estimate of drug-likeness (QED) is 0.216. The van der Waals surface area contributed by atoms with Crippen LogP contribution in [-0.2, 0) is 29.7 Å². The molecule has 1 heterocycles. The molecule has 2 fully saturated rings. The molecule has 0 aromatic heterocycles. The lowest BCUT2D eigenvalue weighted by atomic mass is 9.71. The Kier molecular flexibility index (Phi) is 7.66. The number of ether oxygens (including phenoxy) is 2. The molecular weight excluding hydrogens is 505 g/mol. The molecule has 0 spiro atoms.